The zero-order chi connectivity index (χ0) is 15.4. The molecule has 0 radical (unpaired) electrons. The lowest BCUT2D eigenvalue weighted by Gasteiger charge is -2.28. The van der Waals surface area contributed by atoms with Crippen molar-refractivity contribution >= 4 is 17.5 Å². The van der Waals surface area contributed by atoms with Gasteiger partial charge in [-0.25, -0.2) is 4.39 Å². The van der Waals surface area contributed by atoms with Crippen molar-refractivity contribution in [2.24, 2.45) is 5.92 Å². The second-order valence-corrected chi connectivity index (χ2v) is 5.08. The van der Waals surface area contributed by atoms with Crippen LogP contribution in [0, 0.1) is 23.6 Å². The monoisotopic (exact) mass is 289 g/mol. The molecule has 1 aromatic carbocycles. The minimum Gasteiger partial charge on any atom is -0.395 e. The number of aliphatic hydroxyl groups is 1. The lowest BCUT2D eigenvalue weighted by atomic mass is 9.97. The largest absolute Gasteiger partial charge is 0.395 e. The fourth-order valence-electron chi connectivity index (χ4n) is 2.24. The fourth-order valence-corrected chi connectivity index (χ4v) is 2.24. The Morgan fingerprint density at radius 2 is 2.00 bits per heavy atom. The normalized spacial score (nSPS) is 15.9. The molecule has 1 N–H and O–H groups in total. The van der Waals surface area contributed by atoms with E-state index in [0.717, 1.165) is 11.0 Å². The van der Waals surface area contributed by atoms with Crippen molar-refractivity contribution in [1.29, 1.82) is 0 Å². The predicted molar refractivity (Wildman–Crippen MR) is 75.9 cm³/mol. The Morgan fingerprint density at radius 3 is 2.57 bits per heavy atom. The maximum atomic E-state index is 13.9. The minimum absolute atomic E-state index is 0.0229. The molecule has 110 valence electrons. The molecular weight excluding hydrogens is 273 g/mol. The third kappa shape index (κ3) is 3.47. The van der Waals surface area contributed by atoms with Gasteiger partial charge < -0.3 is 5.11 Å². The number of anilines is 1. The molecular formula is C16H16FNO3. The molecule has 1 aliphatic rings. The Balaban J connectivity index is 2.26. The topological polar surface area (TPSA) is 57.6 Å². The summed E-state index contributed by atoms with van der Waals surface area (Å²) in [6.45, 7) is 1.76. The van der Waals surface area contributed by atoms with E-state index in [4.69, 9.17) is 5.11 Å². The van der Waals surface area contributed by atoms with Crippen LogP contribution in [0.3, 0.4) is 0 Å². The van der Waals surface area contributed by atoms with E-state index in [1.807, 2.05) is 6.92 Å². The highest BCUT2D eigenvalue weighted by molar-refractivity contribution is 6.16. The van der Waals surface area contributed by atoms with Crippen molar-refractivity contribution in [2.45, 2.75) is 26.2 Å². The molecule has 0 spiro atoms. The first-order valence-electron chi connectivity index (χ1n) is 6.78. The zero-order valence-corrected chi connectivity index (χ0v) is 11.7. The number of piperidine rings is 1. The number of hydrogen-bond donors (Lipinski definition) is 1. The van der Waals surface area contributed by atoms with Crippen LogP contribution in [0.15, 0.2) is 18.2 Å². The fraction of sp³-hybridized carbons (Fsp3) is 0.375. The van der Waals surface area contributed by atoms with Crippen LogP contribution < -0.4 is 4.90 Å². The summed E-state index contributed by atoms with van der Waals surface area (Å²) in [7, 11) is 0. The predicted octanol–water partition coefficient (Wildman–Crippen LogP) is 1.85. The summed E-state index contributed by atoms with van der Waals surface area (Å²) in [5.41, 5.74) is 0.416. The van der Waals surface area contributed by atoms with Crippen LogP contribution in [0.25, 0.3) is 0 Å². The van der Waals surface area contributed by atoms with Gasteiger partial charge in [-0.05, 0) is 24.1 Å². The molecule has 1 heterocycles. The second kappa shape index (κ2) is 6.51. The third-order valence-corrected chi connectivity index (χ3v) is 3.22. The summed E-state index contributed by atoms with van der Waals surface area (Å²) < 4.78 is 13.9. The Bertz CT molecular complexity index is 612. The number of aliphatic hydroxyl groups excluding tert-OH is 1. The number of hydrogen-bond acceptors (Lipinski definition) is 3. The highest BCUT2D eigenvalue weighted by Crippen LogP contribution is 2.26. The first-order chi connectivity index (χ1) is 10.0. The standard InChI is InChI=1S/C16H16FNO3/c1-11-8-15(20)18(16(21)9-11)13-6-5-12(14(17)10-13)4-2-3-7-19/h5-6,10-11,19H,3,7-9H2,1H3. The molecule has 0 bridgehead atoms. The summed E-state index contributed by atoms with van der Waals surface area (Å²) in [5, 5.41) is 8.63. The quantitative estimate of drug-likeness (QED) is 0.667. The lowest BCUT2D eigenvalue weighted by Crippen LogP contribution is -2.42. The Labute approximate surface area is 122 Å². The van der Waals surface area contributed by atoms with Gasteiger partial charge in [0.05, 0.1) is 17.9 Å². The van der Waals surface area contributed by atoms with Gasteiger partial charge in [-0.15, -0.1) is 0 Å². The summed E-state index contributed by atoms with van der Waals surface area (Å²) in [4.78, 5) is 24.9. The number of benzene rings is 1. The average molecular weight is 289 g/mol. The molecule has 0 aliphatic carbocycles. The van der Waals surface area contributed by atoms with Crippen LogP contribution in [0.1, 0.15) is 31.7 Å². The first-order valence-corrected chi connectivity index (χ1v) is 6.78. The molecule has 0 aromatic heterocycles. The van der Waals surface area contributed by atoms with Gasteiger partial charge in [0.2, 0.25) is 11.8 Å². The number of rotatable bonds is 2. The molecule has 1 saturated heterocycles. The van der Waals surface area contributed by atoms with Gasteiger partial charge in [-0.2, -0.15) is 0 Å². The lowest BCUT2D eigenvalue weighted by molar-refractivity contribution is -0.130. The third-order valence-electron chi connectivity index (χ3n) is 3.22. The number of imide groups is 1. The molecule has 4 nitrogen and oxygen atoms in total. The van der Waals surface area contributed by atoms with Crippen molar-refractivity contribution in [1.82, 2.24) is 0 Å². The van der Waals surface area contributed by atoms with Crippen molar-refractivity contribution in [3.63, 3.8) is 0 Å². The van der Waals surface area contributed by atoms with Gasteiger partial charge in [0.25, 0.3) is 0 Å². The van der Waals surface area contributed by atoms with Crippen molar-refractivity contribution < 1.29 is 19.1 Å². The van der Waals surface area contributed by atoms with Crippen molar-refractivity contribution in [3.05, 3.63) is 29.6 Å². The van der Waals surface area contributed by atoms with Crippen LogP contribution in [-0.4, -0.2) is 23.5 Å². The van der Waals surface area contributed by atoms with Gasteiger partial charge in [-0.3, -0.25) is 14.5 Å². The average Bonchev–Trinajstić information content (AvgIpc) is 2.40. The van der Waals surface area contributed by atoms with E-state index < -0.39 is 5.82 Å². The number of carbonyl (C=O) groups is 2. The number of carbonyl (C=O) groups excluding carboxylic acids is 2. The molecule has 21 heavy (non-hydrogen) atoms. The maximum Gasteiger partial charge on any atom is 0.234 e. The van der Waals surface area contributed by atoms with Crippen LogP contribution in [0.4, 0.5) is 10.1 Å². The summed E-state index contributed by atoms with van der Waals surface area (Å²) in [6, 6.07) is 4.10. The van der Waals surface area contributed by atoms with E-state index in [2.05, 4.69) is 11.8 Å². The molecule has 1 aromatic rings. The minimum atomic E-state index is -0.586. The van der Waals surface area contributed by atoms with Gasteiger partial charge in [0, 0.05) is 19.3 Å². The Hall–Kier alpha value is -2.19. The first kappa shape index (κ1) is 15.2. The molecule has 0 atom stereocenters. The van der Waals surface area contributed by atoms with Gasteiger partial charge in [0.15, 0.2) is 0 Å². The molecule has 2 rings (SSSR count). The van der Waals surface area contributed by atoms with E-state index >= 15 is 0 Å². The van der Waals surface area contributed by atoms with E-state index in [1.165, 1.54) is 12.1 Å². The summed E-state index contributed by atoms with van der Waals surface area (Å²) >= 11 is 0. The number of amides is 2. The van der Waals surface area contributed by atoms with Gasteiger partial charge >= 0.3 is 0 Å². The van der Waals surface area contributed by atoms with E-state index in [0.29, 0.717) is 0 Å². The summed E-state index contributed by atoms with van der Waals surface area (Å²) in [6.07, 6.45) is 0.832. The van der Waals surface area contributed by atoms with Crippen molar-refractivity contribution in [3.8, 4) is 11.8 Å². The second-order valence-electron chi connectivity index (χ2n) is 5.08. The molecule has 1 fully saturated rings. The van der Waals surface area contributed by atoms with Crippen LogP contribution in [0.5, 0.6) is 0 Å². The van der Waals surface area contributed by atoms with Gasteiger partial charge in [0.1, 0.15) is 5.82 Å². The Kier molecular flexibility index (Phi) is 4.71. The highest BCUT2D eigenvalue weighted by atomic mass is 19.1. The van der Waals surface area contributed by atoms with Gasteiger partial charge in [-0.1, -0.05) is 18.8 Å². The molecule has 0 saturated carbocycles. The maximum absolute atomic E-state index is 13.9. The van der Waals surface area contributed by atoms with E-state index in [-0.39, 0.29) is 54.9 Å². The molecule has 2 amide bonds. The van der Waals surface area contributed by atoms with Crippen molar-refractivity contribution in [2.75, 3.05) is 11.5 Å². The number of halogens is 1. The molecule has 0 unspecified atom stereocenters. The van der Waals surface area contributed by atoms with Crippen LogP contribution in [-0.2, 0) is 9.59 Å². The van der Waals surface area contributed by atoms with Crippen LogP contribution in [0.2, 0.25) is 0 Å². The zero-order valence-electron chi connectivity index (χ0n) is 11.7. The Morgan fingerprint density at radius 1 is 1.33 bits per heavy atom. The summed E-state index contributed by atoms with van der Waals surface area (Å²) in [5.74, 6) is 4.05. The van der Waals surface area contributed by atoms with Crippen LogP contribution >= 0.6 is 0 Å². The van der Waals surface area contributed by atoms with E-state index in [9.17, 15) is 14.0 Å². The molecule has 5 heteroatoms. The highest BCUT2D eigenvalue weighted by Gasteiger charge is 2.31. The smallest absolute Gasteiger partial charge is 0.234 e. The SMILES string of the molecule is CC1CC(=O)N(c2ccc(C#CCCO)c(F)c2)C(=O)C1. The molecule has 1 aliphatic heterocycles. The van der Waals surface area contributed by atoms with E-state index in [1.54, 1.807) is 0 Å². The number of nitrogens with zero attached hydrogens (tertiary/aromatic N) is 1.